The number of nitrogens with two attached hydrogens (primary N) is 2. The Bertz CT molecular complexity index is 1560. The Balaban J connectivity index is 1.76. The quantitative estimate of drug-likeness (QED) is 0.202. The van der Waals surface area contributed by atoms with Gasteiger partial charge in [-0.05, 0) is 58.0 Å². The lowest BCUT2D eigenvalue weighted by Crippen LogP contribution is -2.24. The van der Waals surface area contributed by atoms with Gasteiger partial charge in [0.05, 0.1) is 17.3 Å². The summed E-state index contributed by atoms with van der Waals surface area (Å²) in [5, 5.41) is 9.40. The van der Waals surface area contributed by atoms with Gasteiger partial charge in [-0.1, -0.05) is 6.07 Å². The van der Waals surface area contributed by atoms with Crippen molar-refractivity contribution in [2.75, 3.05) is 0 Å². The topological polar surface area (TPSA) is 189 Å². The first-order chi connectivity index (χ1) is 17.5. The molecule has 37 heavy (non-hydrogen) atoms. The first-order valence-corrected chi connectivity index (χ1v) is 11.1. The van der Waals surface area contributed by atoms with Crippen molar-refractivity contribution in [3.63, 3.8) is 0 Å². The minimum atomic E-state index is -0.729. The zero-order valence-electron chi connectivity index (χ0n) is 20.6. The van der Waals surface area contributed by atoms with Gasteiger partial charge in [0, 0.05) is 11.1 Å². The molecule has 0 aliphatic carbocycles. The zero-order valence-corrected chi connectivity index (χ0v) is 20.6. The Kier molecular flexibility index (Phi) is 6.62. The molecule has 0 unspecified atom stereocenters. The average molecular weight is 502 g/mol. The van der Waals surface area contributed by atoms with Crippen LogP contribution < -0.4 is 25.9 Å². The fraction of sp³-hybridized carbons (Fsp3) is 0.200. The number of nitrogens with one attached hydrogen (secondary N) is 2. The monoisotopic (exact) mass is 501 g/mol. The van der Waals surface area contributed by atoms with Crippen LogP contribution in [0.15, 0.2) is 47.5 Å². The number of aromatic nitrogens is 4. The van der Waals surface area contributed by atoms with E-state index in [2.05, 4.69) is 24.9 Å². The van der Waals surface area contributed by atoms with Crippen LogP contribution in [0.25, 0.3) is 11.2 Å². The number of guanidine groups is 1. The first kappa shape index (κ1) is 24.9. The molecule has 0 amide bonds. The second-order valence-corrected chi connectivity index (χ2v) is 8.95. The van der Waals surface area contributed by atoms with E-state index in [0.717, 1.165) is 0 Å². The summed E-state index contributed by atoms with van der Waals surface area (Å²) in [4.78, 5) is 31.7. The number of aromatic amines is 2. The predicted molar refractivity (Wildman–Crippen MR) is 134 cm³/mol. The van der Waals surface area contributed by atoms with E-state index in [1.807, 2.05) is 6.07 Å². The van der Waals surface area contributed by atoms with E-state index in [-0.39, 0.29) is 29.2 Å². The number of hydrogen-bond donors (Lipinski definition) is 3. The summed E-state index contributed by atoms with van der Waals surface area (Å²) < 4.78 is 17.5. The van der Waals surface area contributed by atoms with Crippen LogP contribution in [0.1, 0.15) is 42.5 Å². The van der Waals surface area contributed by atoms with Gasteiger partial charge in [-0.15, -0.1) is 0 Å². The van der Waals surface area contributed by atoms with E-state index in [4.69, 9.17) is 25.7 Å². The van der Waals surface area contributed by atoms with E-state index >= 15 is 0 Å². The van der Waals surface area contributed by atoms with Crippen molar-refractivity contribution in [2.45, 2.75) is 33.3 Å². The van der Waals surface area contributed by atoms with Crippen molar-refractivity contribution in [1.29, 1.82) is 5.26 Å². The molecule has 0 bridgehead atoms. The largest absolute Gasteiger partial charge is 0.507 e. The molecular weight excluding hydrogens is 476 g/mol. The molecule has 4 aromatic rings. The van der Waals surface area contributed by atoms with Crippen molar-refractivity contribution >= 4 is 28.8 Å². The van der Waals surface area contributed by atoms with Gasteiger partial charge >= 0.3 is 23.5 Å². The Morgan fingerprint density at radius 2 is 1.92 bits per heavy atom. The third-order valence-electron chi connectivity index (χ3n) is 4.69. The van der Waals surface area contributed by atoms with Gasteiger partial charge in [0.15, 0.2) is 11.5 Å². The van der Waals surface area contributed by atoms with Crippen LogP contribution in [-0.4, -0.2) is 32.5 Å². The number of hydrogen-bond acceptors (Lipinski definition) is 8. The third kappa shape index (κ3) is 6.09. The van der Waals surface area contributed by atoms with Crippen LogP contribution >= 0.6 is 0 Å². The summed E-state index contributed by atoms with van der Waals surface area (Å²) in [6.45, 7) is 7.03. The van der Waals surface area contributed by atoms with Crippen LogP contribution in [0.2, 0.25) is 0 Å². The smallest absolute Gasteiger partial charge is 0.456 e. The molecular formula is C25H25N8O4+. The number of ether oxygens (including phenoxy) is 3. The van der Waals surface area contributed by atoms with Crippen molar-refractivity contribution < 1.29 is 24.0 Å². The molecule has 0 radical (unpaired) electrons. The molecule has 0 saturated carbocycles. The van der Waals surface area contributed by atoms with E-state index in [9.17, 15) is 10.1 Å². The van der Waals surface area contributed by atoms with Gasteiger partial charge in [0.25, 0.3) is 0 Å². The van der Waals surface area contributed by atoms with Crippen LogP contribution in [0.5, 0.6) is 23.4 Å². The summed E-state index contributed by atoms with van der Waals surface area (Å²) in [5.41, 5.74) is 11.8. The number of imidazole rings is 1. The highest BCUT2D eigenvalue weighted by Crippen LogP contribution is 2.31. The molecule has 2 heterocycles. The summed E-state index contributed by atoms with van der Waals surface area (Å²) in [5.74, 6) is 0.527. The van der Waals surface area contributed by atoms with Gasteiger partial charge in [0.1, 0.15) is 28.5 Å². The number of carbonyl (C=O) groups is 1. The van der Waals surface area contributed by atoms with Gasteiger partial charge < -0.3 is 30.7 Å². The Morgan fingerprint density at radius 3 is 2.62 bits per heavy atom. The average Bonchev–Trinajstić information content (AvgIpc) is 3.18. The number of benzene rings is 2. The highest BCUT2D eigenvalue weighted by atomic mass is 16.6. The zero-order chi connectivity index (χ0) is 26.7. The van der Waals surface area contributed by atoms with Crippen molar-refractivity contribution in [3.8, 4) is 29.5 Å². The number of aliphatic imine (C=N–C) groups is 1. The number of fused-ring (bicyclic) bond motifs is 1. The molecule has 0 fully saturated rings. The molecule has 6 N–H and O–H groups in total. The maximum atomic E-state index is 12.9. The van der Waals surface area contributed by atoms with E-state index in [1.165, 1.54) is 18.2 Å². The molecule has 2 aromatic carbocycles. The fourth-order valence-electron chi connectivity index (χ4n) is 3.29. The summed E-state index contributed by atoms with van der Waals surface area (Å²) >= 11 is 0. The predicted octanol–water partition coefficient (Wildman–Crippen LogP) is 3.40. The van der Waals surface area contributed by atoms with Crippen LogP contribution in [-0.2, 0) is 4.74 Å². The highest BCUT2D eigenvalue weighted by Gasteiger charge is 2.26. The Hall–Kier alpha value is -5.18. The first-order valence-electron chi connectivity index (χ1n) is 11.1. The molecule has 0 aliphatic heterocycles. The number of carbonyl (C=O) groups excluding carboxylic acids is 1. The number of H-pyrrole nitrogens is 2. The standard InChI is InChI=1S/C25H24N8O4/c1-13-29-19-20(30-13)32-24(35-16-7-5-6-15(11-16)31-23(27)28)33-21(19)36-18-10-14(12-26)8-9-17(18)22(34)37-25(2,3)4/h5-11H,1-4H3,(H4,27,28,31)(H,29,30,32,33)/p+1. The third-order valence-corrected chi connectivity index (χ3v) is 4.69. The number of esters is 1. The molecule has 0 atom stereocenters. The van der Waals surface area contributed by atoms with E-state index in [1.54, 1.807) is 52.0 Å². The second kappa shape index (κ2) is 9.82. The highest BCUT2D eigenvalue weighted by molar-refractivity contribution is 5.93. The molecule has 12 nitrogen and oxygen atoms in total. The Labute approximate surface area is 211 Å². The molecule has 2 aromatic heterocycles. The number of nitrogens with zero attached hydrogens (tertiary/aromatic N) is 4. The summed E-state index contributed by atoms with van der Waals surface area (Å²) in [7, 11) is 0. The van der Waals surface area contributed by atoms with Gasteiger partial charge in [-0.3, -0.25) is 0 Å². The molecule has 0 saturated heterocycles. The SMILES string of the molecule is Cc1nc2nc(Oc3cccc(N=C(N)N)c3)[nH+]c(Oc3cc(C#N)ccc3C(=O)OC(C)(C)C)c2[nH]1. The maximum Gasteiger partial charge on any atom is 0.507 e. The van der Waals surface area contributed by atoms with E-state index < -0.39 is 11.6 Å². The summed E-state index contributed by atoms with van der Waals surface area (Å²) in [6.07, 6.45) is 0. The van der Waals surface area contributed by atoms with Gasteiger partial charge in [0.2, 0.25) is 0 Å². The van der Waals surface area contributed by atoms with Crippen LogP contribution in [0.4, 0.5) is 5.69 Å². The molecule has 12 heteroatoms. The van der Waals surface area contributed by atoms with Gasteiger partial charge in [-0.2, -0.15) is 15.2 Å². The van der Waals surface area contributed by atoms with Crippen molar-refractivity contribution in [1.82, 2.24) is 15.0 Å². The van der Waals surface area contributed by atoms with Crippen LogP contribution in [0.3, 0.4) is 0 Å². The minimum absolute atomic E-state index is 0.0473. The number of aryl methyl sites for hydroxylation is 1. The minimum Gasteiger partial charge on any atom is -0.456 e. The lowest BCUT2D eigenvalue weighted by Gasteiger charge is -2.20. The van der Waals surface area contributed by atoms with Gasteiger partial charge in [-0.25, -0.2) is 9.79 Å². The normalized spacial score (nSPS) is 11.0. The molecule has 0 spiro atoms. The molecule has 188 valence electrons. The Morgan fingerprint density at radius 1 is 1.14 bits per heavy atom. The number of nitriles is 1. The lowest BCUT2D eigenvalue weighted by molar-refractivity contribution is -0.405. The van der Waals surface area contributed by atoms with Crippen molar-refractivity contribution in [3.05, 3.63) is 59.4 Å². The summed E-state index contributed by atoms with van der Waals surface area (Å²) in [6, 6.07) is 13.3. The van der Waals surface area contributed by atoms with Crippen molar-refractivity contribution in [2.24, 2.45) is 16.5 Å². The fourth-order valence-corrected chi connectivity index (χ4v) is 3.29. The molecule has 4 rings (SSSR count). The second-order valence-electron chi connectivity index (χ2n) is 8.95. The maximum absolute atomic E-state index is 12.9. The molecule has 0 aliphatic rings. The number of rotatable bonds is 6. The van der Waals surface area contributed by atoms with Crippen LogP contribution in [0, 0.1) is 18.3 Å². The van der Waals surface area contributed by atoms with E-state index in [0.29, 0.717) is 34.0 Å². The lowest BCUT2D eigenvalue weighted by atomic mass is 10.1.